The van der Waals surface area contributed by atoms with Gasteiger partial charge in [0, 0.05) is 5.02 Å². The molecule has 0 unspecified atom stereocenters. The fraction of sp³-hybridized carbons (Fsp3) is 0. The minimum Gasteiger partial charge on any atom is -0.382 e. The van der Waals surface area contributed by atoms with E-state index in [1.807, 2.05) is 0 Å². The number of nitrogens with zero attached hydrogens (tertiary/aromatic N) is 4. The van der Waals surface area contributed by atoms with Gasteiger partial charge in [0.15, 0.2) is 17.0 Å². The number of hydrogen-bond acceptors (Lipinski definition) is 4. The molecule has 18 heavy (non-hydrogen) atoms. The highest BCUT2D eigenvalue weighted by Gasteiger charge is 2.11. The van der Waals surface area contributed by atoms with Gasteiger partial charge in [0.2, 0.25) is 0 Å². The van der Waals surface area contributed by atoms with E-state index in [4.69, 9.17) is 28.9 Å². The van der Waals surface area contributed by atoms with Crippen LogP contribution in [0.4, 0.5) is 5.82 Å². The third-order valence-electron chi connectivity index (χ3n) is 2.53. The molecule has 0 fully saturated rings. The van der Waals surface area contributed by atoms with Crippen molar-refractivity contribution < 1.29 is 0 Å². The predicted molar refractivity (Wildman–Crippen MR) is 71.1 cm³/mol. The molecule has 0 spiro atoms. The molecule has 0 amide bonds. The van der Waals surface area contributed by atoms with Crippen molar-refractivity contribution >= 4 is 40.2 Å². The number of benzene rings is 1. The zero-order valence-corrected chi connectivity index (χ0v) is 10.5. The van der Waals surface area contributed by atoms with Crippen molar-refractivity contribution in [3.63, 3.8) is 0 Å². The molecule has 0 saturated carbocycles. The molecule has 3 aromatic rings. The van der Waals surface area contributed by atoms with Crippen molar-refractivity contribution in [1.82, 2.24) is 19.5 Å². The van der Waals surface area contributed by atoms with Crippen LogP contribution in [0.2, 0.25) is 10.0 Å². The summed E-state index contributed by atoms with van der Waals surface area (Å²) in [5.41, 5.74) is 7.61. The number of hydrogen-bond donors (Lipinski definition) is 1. The Bertz CT molecular complexity index is 737. The van der Waals surface area contributed by atoms with Gasteiger partial charge in [-0.3, -0.25) is 4.57 Å². The number of anilines is 1. The van der Waals surface area contributed by atoms with Gasteiger partial charge < -0.3 is 5.73 Å². The van der Waals surface area contributed by atoms with Crippen molar-refractivity contribution in [3.05, 3.63) is 40.9 Å². The topological polar surface area (TPSA) is 69.6 Å². The third kappa shape index (κ3) is 1.68. The first-order valence-electron chi connectivity index (χ1n) is 5.06. The summed E-state index contributed by atoms with van der Waals surface area (Å²) >= 11 is 12.0. The lowest BCUT2D eigenvalue weighted by molar-refractivity contribution is 1.06. The Morgan fingerprint density at radius 2 is 1.94 bits per heavy atom. The summed E-state index contributed by atoms with van der Waals surface area (Å²) in [6, 6.07) is 5.21. The van der Waals surface area contributed by atoms with E-state index in [0.717, 1.165) is 5.69 Å². The monoisotopic (exact) mass is 279 g/mol. The number of nitrogens with two attached hydrogens (primary N) is 1. The maximum atomic E-state index is 6.15. The second-order valence-corrected chi connectivity index (χ2v) is 4.49. The van der Waals surface area contributed by atoms with E-state index in [1.165, 1.54) is 6.33 Å². The molecule has 3 rings (SSSR count). The minimum atomic E-state index is 0.337. The highest BCUT2D eigenvalue weighted by molar-refractivity contribution is 6.35. The Kier molecular flexibility index (Phi) is 2.57. The molecule has 90 valence electrons. The molecule has 2 aromatic heterocycles. The number of fused-ring (bicyclic) bond motifs is 1. The Morgan fingerprint density at radius 3 is 2.72 bits per heavy atom. The second-order valence-electron chi connectivity index (χ2n) is 3.64. The van der Waals surface area contributed by atoms with Crippen LogP contribution in [0.5, 0.6) is 0 Å². The lowest BCUT2D eigenvalue weighted by Crippen LogP contribution is -1.97. The highest BCUT2D eigenvalue weighted by atomic mass is 35.5. The first kappa shape index (κ1) is 11.3. The number of imidazole rings is 1. The van der Waals surface area contributed by atoms with Crippen LogP contribution >= 0.6 is 23.2 Å². The molecule has 7 heteroatoms. The largest absolute Gasteiger partial charge is 0.382 e. The highest BCUT2D eigenvalue weighted by Crippen LogP contribution is 2.27. The third-order valence-corrected chi connectivity index (χ3v) is 3.07. The Balaban J connectivity index is 2.29. The van der Waals surface area contributed by atoms with Crippen LogP contribution in [-0.4, -0.2) is 19.5 Å². The maximum Gasteiger partial charge on any atom is 0.170 e. The van der Waals surface area contributed by atoms with Crippen LogP contribution in [0.15, 0.2) is 30.9 Å². The van der Waals surface area contributed by atoms with Crippen LogP contribution in [0.25, 0.3) is 16.9 Å². The first-order valence-corrected chi connectivity index (χ1v) is 5.81. The smallest absolute Gasteiger partial charge is 0.170 e. The number of halogens is 2. The normalized spacial score (nSPS) is 11.0. The molecule has 0 atom stereocenters. The van der Waals surface area contributed by atoms with Gasteiger partial charge in [-0.1, -0.05) is 23.2 Å². The van der Waals surface area contributed by atoms with Crippen LogP contribution in [0.3, 0.4) is 0 Å². The van der Waals surface area contributed by atoms with E-state index >= 15 is 0 Å². The summed E-state index contributed by atoms with van der Waals surface area (Å²) < 4.78 is 1.74. The molecule has 0 bridgehead atoms. The molecule has 0 aliphatic heterocycles. The SMILES string of the molecule is Nc1ncnc2c1ncn2-c1ccc(Cl)cc1Cl. The van der Waals surface area contributed by atoms with Crippen molar-refractivity contribution in [2.75, 3.05) is 5.73 Å². The quantitative estimate of drug-likeness (QED) is 0.744. The second kappa shape index (κ2) is 4.12. The van der Waals surface area contributed by atoms with Crippen molar-refractivity contribution in [3.8, 4) is 5.69 Å². The van der Waals surface area contributed by atoms with Gasteiger partial charge in [-0.15, -0.1) is 0 Å². The maximum absolute atomic E-state index is 6.15. The molecule has 2 heterocycles. The van der Waals surface area contributed by atoms with Gasteiger partial charge in [-0.25, -0.2) is 15.0 Å². The Morgan fingerprint density at radius 1 is 1.11 bits per heavy atom. The molecule has 0 radical (unpaired) electrons. The fourth-order valence-corrected chi connectivity index (χ4v) is 2.21. The van der Waals surface area contributed by atoms with E-state index < -0.39 is 0 Å². The lowest BCUT2D eigenvalue weighted by atomic mass is 10.3. The van der Waals surface area contributed by atoms with E-state index in [-0.39, 0.29) is 0 Å². The zero-order chi connectivity index (χ0) is 12.7. The summed E-state index contributed by atoms with van der Waals surface area (Å²) in [4.78, 5) is 12.2. The van der Waals surface area contributed by atoms with Crippen LogP contribution in [-0.2, 0) is 0 Å². The van der Waals surface area contributed by atoms with Gasteiger partial charge in [0.1, 0.15) is 12.7 Å². The minimum absolute atomic E-state index is 0.337. The molecule has 0 aliphatic rings. The number of rotatable bonds is 1. The van der Waals surface area contributed by atoms with E-state index in [2.05, 4.69) is 15.0 Å². The van der Waals surface area contributed by atoms with Gasteiger partial charge in [-0.2, -0.15) is 0 Å². The molecule has 1 aromatic carbocycles. The van der Waals surface area contributed by atoms with Crippen LogP contribution in [0, 0.1) is 0 Å². The molecule has 0 aliphatic carbocycles. The van der Waals surface area contributed by atoms with Gasteiger partial charge in [-0.05, 0) is 18.2 Å². The van der Waals surface area contributed by atoms with Gasteiger partial charge in [0.05, 0.1) is 10.7 Å². The molecule has 5 nitrogen and oxygen atoms in total. The molecule has 0 saturated heterocycles. The molecular weight excluding hydrogens is 273 g/mol. The van der Waals surface area contributed by atoms with Crippen LogP contribution in [0.1, 0.15) is 0 Å². The zero-order valence-electron chi connectivity index (χ0n) is 9.01. The van der Waals surface area contributed by atoms with Crippen molar-refractivity contribution in [1.29, 1.82) is 0 Å². The summed E-state index contributed by atoms with van der Waals surface area (Å²) in [5.74, 6) is 0.337. The van der Waals surface area contributed by atoms with E-state index in [9.17, 15) is 0 Å². The van der Waals surface area contributed by atoms with Gasteiger partial charge in [0.25, 0.3) is 0 Å². The predicted octanol–water partition coefficient (Wildman–Crippen LogP) is 2.70. The van der Waals surface area contributed by atoms with Gasteiger partial charge >= 0.3 is 0 Å². The average Bonchev–Trinajstić information content (AvgIpc) is 2.74. The van der Waals surface area contributed by atoms with E-state index in [0.29, 0.717) is 27.0 Å². The number of nitrogen functional groups attached to an aromatic ring is 1. The Labute approximate surface area is 112 Å². The average molecular weight is 280 g/mol. The van der Waals surface area contributed by atoms with Crippen molar-refractivity contribution in [2.24, 2.45) is 0 Å². The fourth-order valence-electron chi connectivity index (χ4n) is 1.71. The van der Waals surface area contributed by atoms with Crippen LogP contribution < -0.4 is 5.73 Å². The van der Waals surface area contributed by atoms with E-state index in [1.54, 1.807) is 29.1 Å². The first-order chi connectivity index (χ1) is 8.66. The molecular formula is C11H7Cl2N5. The Hall–Kier alpha value is -1.85. The van der Waals surface area contributed by atoms with Crippen molar-refractivity contribution in [2.45, 2.75) is 0 Å². The summed E-state index contributed by atoms with van der Waals surface area (Å²) in [6.07, 6.45) is 2.99. The summed E-state index contributed by atoms with van der Waals surface area (Å²) in [7, 11) is 0. The standard InChI is InChI=1S/C11H7Cl2N5/c12-6-1-2-8(7(13)3-6)18-5-17-9-10(14)15-4-16-11(9)18/h1-5H,(H2,14,15,16). The molecule has 2 N–H and O–H groups in total. The number of aromatic nitrogens is 4. The summed E-state index contributed by atoms with van der Waals surface area (Å²) in [6.45, 7) is 0. The summed E-state index contributed by atoms with van der Waals surface area (Å²) in [5, 5.41) is 1.08. The lowest BCUT2D eigenvalue weighted by Gasteiger charge is -2.06.